The lowest BCUT2D eigenvalue weighted by atomic mass is 10.00. The Morgan fingerprint density at radius 3 is 2.30 bits per heavy atom. The molecular weight excluding hydrogens is 316 g/mol. The van der Waals surface area contributed by atoms with Crippen molar-refractivity contribution in [3.05, 3.63) is 34.5 Å². The third kappa shape index (κ3) is 2.49. The Hall–Kier alpha value is -2.34. The van der Waals surface area contributed by atoms with Crippen LogP contribution in [0.1, 0.15) is 17.1 Å². The molecule has 0 bridgehead atoms. The van der Waals surface area contributed by atoms with E-state index < -0.39 is 0 Å². The summed E-state index contributed by atoms with van der Waals surface area (Å²) >= 11 is 6.19. The summed E-state index contributed by atoms with van der Waals surface area (Å²) in [7, 11) is 3.23. The molecule has 0 unspecified atom stereocenters. The molecular formula is C16H17ClN4O2. The lowest BCUT2D eigenvalue weighted by molar-refractivity contribution is 0.355. The van der Waals surface area contributed by atoms with Crippen LogP contribution in [0.4, 0.5) is 0 Å². The Labute approximate surface area is 139 Å². The fourth-order valence-electron chi connectivity index (χ4n) is 2.67. The van der Waals surface area contributed by atoms with Gasteiger partial charge in [-0.3, -0.25) is 0 Å². The van der Waals surface area contributed by atoms with Crippen LogP contribution in [0.15, 0.2) is 12.1 Å². The van der Waals surface area contributed by atoms with Crippen molar-refractivity contribution in [2.24, 2.45) is 0 Å². The predicted molar refractivity (Wildman–Crippen MR) is 88.5 cm³/mol. The summed E-state index contributed by atoms with van der Waals surface area (Å²) in [5.41, 5.74) is 4.42. The van der Waals surface area contributed by atoms with Gasteiger partial charge < -0.3 is 9.47 Å². The number of methoxy groups -OCH3 is 2. The summed E-state index contributed by atoms with van der Waals surface area (Å²) in [6, 6.07) is 3.87. The van der Waals surface area contributed by atoms with E-state index in [1.54, 1.807) is 25.7 Å². The fourth-order valence-corrected chi connectivity index (χ4v) is 2.91. The molecule has 3 rings (SSSR count). The summed E-state index contributed by atoms with van der Waals surface area (Å²) in [6.07, 6.45) is 0. The topological polar surface area (TPSA) is 61.5 Å². The third-order valence-corrected chi connectivity index (χ3v) is 3.98. The van der Waals surface area contributed by atoms with Gasteiger partial charge in [0.2, 0.25) is 5.28 Å². The molecule has 0 saturated carbocycles. The second kappa shape index (κ2) is 5.70. The van der Waals surface area contributed by atoms with Crippen LogP contribution in [0.3, 0.4) is 0 Å². The number of benzene rings is 1. The minimum absolute atomic E-state index is 0.292. The van der Waals surface area contributed by atoms with Crippen LogP contribution in [0.2, 0.25) is 5.28 Å². The first kappa shape index (κ1) is 15.6. The molecule has 0 fully saturated rings. The number of hydrogen-bond donors (Lipinski definition) is 0. The number of halogens is 1. The molecule has 3 aromatic rings. The van der Waals surface area contributed by atoms with Gasteiger partial charge in [0.1, 0.15) is 5.82 Å². The van der Waals surface area contributed by atoms with Crippen LogP contribution in [0.25, 0.3) is 16.8 Å². The Bertz CT molecular complexity index is 905. The average molecular weight is 333 g/mol. The number of nitrogens with zero attached hydrogens (tertiary/aromatic N) is 4. The predicted octanol–water partition coefficient (Wildman–Crippen LogP) is 3.39. The van der Waals surface area contributed by atoms with Crippen molar-refractivity contribution in [3.63, 3.8) is 0 Å². The lowest BCUT2D eigenvalue weighted by Crippen LogP contribution is -1.99. The summed E-state index contributed by atoms with van der Waals surface area (Å²) in [4.78, 5) is 8.65. The molecule has 0 radical (unpaired) electrons. The molecule has 1 aromatic carbocycles. The van der Waals surface area contributed by atoms with Gasteiger partial charge in [-0.25, -0.2) is 9.97 Å². The van der Waals surface area contributed by atoms with Crippen molar-refractivity contribution in [3.8, 4) is 22.6 Å². The number of hydrogen-bond acceptors (Lipinski definition) is 5. The maximum absolute atomic E-state index is 6.19. The first-order valence-electron chi connectivity index (χ1n) is 7.08. The van der Waals surface area contributed by atoms with Crippen molar-refractivity contribution in [2.75, 3.05) is 14.2 Å². The smallest absolute Gasteiger partial charge is 0.227 e. The zero-order valence-corrected chi connectivity index (χ0v) is 14.4. The normalized spacial score (nSPS) is 11.0. The van der Waals surface area contributed by atoms with Crippen molar-refractivity contribution in [1.29, 1.82) is 0 Å². The molecule has 23 heavy (non-hydrogen) atoms. The molecule has 0 spiro atoms. The van der Waals surface area contributed by atoms with Gasteiger partial charge in [0, 0.05) is 0 Å². The van der Waals surface area contributed by atoms with Gasteiger partial charge in [-0.15, -0.1) is 0 Å². The molecule has 2 aromatic heterocycles. The van der Waals surface area contributed by atoms with E-state index in [4.69, 9.17) is 21.1 Å². The molecule has 120 valence electrons. The van der Waals surface area contributed by atoms with Gasteiger partial charge in [-0.05, 0) is 55.6 Å². The number of aryl methyl sites for hydroxylation is 3. The van der Waals surface area contributed by atoms with Crippen LogP contribution >= 0.6 is 11.6 Å². The van der Waals surface area contributed by atoms with Gasteiger partial charge in [0.15, 0.2) is 17.1 Å². The molecule has 7 heteroatoms. The molecule has 6 nitrogen and oxygen atoms in total. The fraction of sp³-hybridized carbons (Fsp3) is 0.312. The van der Waals surface area contributed by atoms with Crippen LogP contribution in [0.5, 0.6) is 11.5 Å². The Morgan fingerprint density at radius 2 is 1.65 bits per heavy atom. The summed E-state index contributed by atoms with van der Waals surface area (Å²) in [5, 5.41) is 4.75. The van der Waals surface area contributed by atoms with Gasteiger partial charge >= 0.3 is 0 Å². The van der Waals surface area contributed by atoms with Gasteiger partial charge in [0.25, 0.3) is 0 Å². The standard InChI is InChI=1S/C16H17ClN4O2/c1-8-6-12(22-4)13(23-5)7-11(8)14-9(2)20-21-15(14)18-10(3)19-16(21)17/h6-7H,1-5H3. The minimum atomic E-state index is 0.292. The maximum Gasteiger partial charge on any atom is 0.227 e. The second-order valence-corrected chi connectivity index (χ2v) is 5.60. The Kier molecular flexibility index (Phi) is 3.85. The zero-order valence-electron chi connectivity index (χ0n) is 13.6. The molecule has 0 aliphatic carbocycles. The Morgan fingerprint density at radius 1 is 1.00 bits per heavy atom. The molecule has 0 amide bonds. The number of aromatic nitrogens is 4. The minimum Gasteiger partial charge on any atom is -0.493 e. The van der Waals surface area contributed by atoms with Crippen molar-refractivity contribution in [2.45, 2.75) is 20.8 Å². The third-order valence-electron chi connectivity index (χ3n) is 3.73. The summed E-state index contributed by atoms with van der Waals surface area (Å²) < 4.78 is 12.3. The lowest BCUT2D eigenvalue weighted by Gasteiger charge is -2.12. The monoisotopic (exact) mass is 332 g/mol. The van der Waals surface area contributed by atoms with Crippen LogP contribution in [0, 0.1) is 20.8 Å². The number of rotatable bonds is 3. The van der Waals surface area contributed by atoms with E-state index in [0.717, 1.165) is 22.4 Å². The van der Waals surface area contributed by atoms with Gasteiger partial charge in [-0.1, -0.05) is 0 Å². The van der Waals surface area contributed by atoms with E-state index >= 15 is 0 Å². The van der Waals surface area contributed by atoms with E-state index in [-0.39, 0.29) is 0 Å². The molecule has 0 aliphatic heterocycles. The van der Waals surface area contributed by atoms with E-state index in [2.05, 4.69) is 15.1 Å². The average Bonchev–Trinajstić information content (AvgIpc) is 2.83. The summed E-state index contributed by atoms with van der Waals surface area (Å²) in [5.74, 6) is 1.94. The largest absolute Gasteiger partial charge is 0.493 e. The molecule has 0 atom stereocenters. The molecule has 0 saturated heterocycles. The first-order valence-corrected chi connectivity index (χ1v) is 7.46. The number of ether oxygens (including phenoxy) is 2. The van der Waals surface area contributed by atoms with Crippen LogP contribution in [-0.2, 0) is 0 Å². The van der Waals surface area contributed by atoms with Gasteiger partial charge in [-0.2, -0.15) is 9.61 Å². The van der Waals surface area contributed by atoms with Crippen molar-refractivity contribution < 1.29 is 9.47 Å². The SMILES string of the molecule is COc1cc(C)c(-c2c(C)nn3c(Cl)nc(C)nc23)cc1OC. The Balaban J connectivity index is 2.35. The second-order valence-electron chi connectivity index (χ2n) is 5.26. The van der Waals surface area contributed by atoms with Crippen LogP contribution < -0.4 is 9.47 Å². The first-order chi connectivity index (χ1) is 11.0. The van der Waals surface area contributed by atoms with E-state index in [9.17, 15) is 0 Å². The highest BCUT2D eigenvalue weighted by Crippen LogP contribution is 2.38. The summed E-state index contributed by atoms with van der Waals surface area (Å²) in [6.45, 7) is 5.74. The molecule has 0 aliphatic rings. The zero-order chi connectivity index (χ0) is 16.7. The maximum atomic E-state index is 6.19. The van der Waals surface area contributed by atoms with Crippen molar-refractivity contribution in [1.82, 2.24) is 19.6 Å². The molecule has 2 heterocycles. The highest BCUT2D eigenvalue weighted by atomic mass is 35.5. The molecule has 0 N–H and O–H groups in total. The highest BCUT2D eigenvalue weighted by molar-refractivity contribution is 6.28. The van der Waals surface area contributed by atoms with Gasteiger partial charge in [0.05, 0.1) is 25.5 Å². The quantitative estimate of drug-likeness (QED) is 0.735. The number of fused-ring (bicyclic) bond motifs is 1. The van der Waals surface area contributed by atoms with Crippen molar-refractivity contribution >= 4 is 17.2 Å². The van der Waals surface area contributed by atoms with E-state index in [1.807, 2.05) is 26.0 Å². The van der Waals surface area contributed by atoms with E-state index in [0.29, 0.717) is 28.3 Å². The van der Waals surface area contributed by atoms with Crippen LogP contribution in [-0.4, -0.2) is 33.8 Å². The van der Waals surface area contributed by atoms with E-state index in [1.165, 1.54) is 0 Å². The highest BCUT2D eigenvalue weighted by Gasteiger charge is 2.19.